The summed E-state index contributed by atoms with van der Waals surface area (Å²) in [5.41, 5.74) is 0. The summed E-state index contributed by atoms with van der Waals surface area (Å²) in [5, 5.41) is 15.4. The largest absolute Gasteiger partial charge is 0.315 e. The Morgan fingerprint density at radius 1 is 1.53 bits per heavy atom. The van der Waals surface area contributed by atoms with E-state index in [2.05, 4.69) is 21.3 Å². The van der Waals surface area contributed by atoms with Crippen LogP contribution in [0.4, 0.5) is 0 Å². The van der Waals surface area contributed by atoms with Crippen molar-refractivity contribution in [1.29, 1.82) is 5.26 Å². The highest BCUT2D eigenvalue weighted by molar-refractivity contribution is 7.09. The monoisotopic (exact) mass is 222 g/mol. The topological polar surface area (TPSA) is 52.0 Å². The van der Waals surface area contributed by atoms with Gasteiger partial charge in [-0.15, -0.1) is 11.3 Å². The first-order valence-corrected chi connectivity index (χ1v) is 6.03. The van der Waals surface area contributed by atoms with Gasteiger partial charge in [0.15, 0.2) is 6.04 Å². The van der Waals surface area contributed by atoms with E-state index >= 15 is 0 Å². The van der Waals surface area contributed by atoms with E-state index in [9.17, 15) is 5.26 Å². The summed E-state index contributed by atoms with van der Waals surface area (Å²) in [6.45, 7) is 3.92. The van der Waals surface area contributed by atoms with Crippen molar-refractivity contribution in [3.05, 3.63) is 16.6 Å². The minimum atomic E-state index is -0.162. The molecule has 0 bridgehead atoms. The summed E-state index contributed by atoms with van der Waals surface area (Å²) >= 11 is 1.56. The van der Waals surface area contributed by atoms with Gasteiger partial charge in [0.1, 0.15) is 5.01 Å². The first-order valence-electron chi connectivity index (χ1n) is 5.15. The van der Waals surface area contributed by atoms with Gasteiger partial charge in [-0.3, -0.25) is 4.90 Å². The fourth-order valence-corrected chi connectivity index (χ4v) is 2.50. The predicted octanol–water partition coefficient (Wildman–Crippen LogP) is 1.00. The maximum atomic E-state index is 9.20. The molecule has 0 radical (unpaired) electrons. The molecule has 1 fully saturated rings. The Morgan fingerprint density at radius 3 is 3.20 bits per heavy atom. The predicted molar refractivity (Wildman–Crippen MR) is 59.5 cm³/mol. The molecule has 4 nitrogen and oxygen atoms in total. The minimum Gasteiger partial charge on any atom is -0.315 e. The van der Waals surface area contributed by atoms with Gasteiger partial charge >= 0.3 is 0 Å². The van der Waals surface area contributed by atoms with E-state index in [1.165, 1.54) is 0 Å². The number of nitrogens with zero attached hydrogens (tertiary/aromatic N) is 3. The van der Waals surface area contributed by atoms with Crippen LogP contribution in [-0.2, 0) is 0 Å². The van der Waals surface area contributed by atoms with Crippen LogP contribution in [0.1, 0.15) is 17.5 Å². The Hall–Kier alpha value is -0.960. The van der Waals surface area contributed by atoms with Crippen LogP contribution >= 0.6 is 11.3 Å². The standard InChI is InChI=1S/C10H14N4S/c11-8-9(10-13-4-7-15-10)14-5-1-2-12-3-6-14/h4,7,9,12H,1-3,5-6H2. The van der Waals surface area contributed by atoms with Crippen molar-refractivity contribution >= 4 is 11.3 Å². The van der Waals surface area contributed by atoms with Crippen LogP contribution in [0.3, 0.4) is 0 Å². The van der Waals surface area contributed by atoms with Gasteiger partial charge in [0.25, 0.3) is 0 Å². The molecule has 2 rings (SSSR count). The molecule has 0 saturated carbocycles. The third-order valence-electron chi connectivity index (χ3n) is 2.55. The van der Waals surface area contributed by atoms with Gasteiger partial charge in [0.05, 0.1) is 6.07 Å². The first-order chi connectivity index (χ1) is 7.42. The molecule has 1 saturated heterocycles. The lowest BCUT2D eigenvalue weighted by Crippen LogP contribution is -2.31. The van der Waals surface area contributed by atoms with Crippen molar-refractivity contribution in [3.63, 3.8) is 0 Å². The average Bonchev–Trinajstić information content (AvgIpc) is 2.63. The fraction of sp³-hybridized carbons (Fsp3) is 0.600. The molecule has 0 amide bonds. The summed E-state index contributed by atoms with van der Waals surface area (Å²) in [6, 6.07) is 2.19. The summed E-state index contributed by atoms with van der Waals surface area (Å²) in [6.07, 6.45) is 2.87. The number of aromatic nitrogens is 1. The molecule has 1 N–H and O–H groups in total. The molecule has 0 aromatic carbocycles. The van der Waals surface area contributed by atoms with E-state index < -0.39 is 0 Å². The lowest BCUT2D eigenvalue weighted by Gasteiger charge is -2.23. The summed E-state index contributed by atoms with van der Waals surface area (Å²) in [5.74, 6) is 0. The quantitative estimate of drug-likeness (QED) is 0.811. The van der Waals surface area contributed by atoms with Crippen LogP contribution in [0, 0.1) is 11.3 Å². The van der Waals surface area contributed by atoms with Crippen LogP contribution in [0.25, 0.3) is 0 Å². The first kappa shape index (κ1) is 10.6. The van der Waals surface area contributed by atoms with Crippen LogP contribution in [0.15, 0.2) is 11.6 Å². The molecule has 15 heavy (non-hydrogen) atoms. The highest BCUT2D eigenvalue weighted by atomic mass is 32.1. The lowest BCUT2D eigenvalue weighted by atomic mass is 10.2. The van der Waals surface area contributed by atoms with E-state index in [0.717, 1.165) is 37.6 Å². The van der Waals surface area contributed by atoms with Crippen molar-refractivity contribution < 1.29 is 0 Å². The molecule has 5 heteroatoms. The molecule has 1 aromatic heterocycles. The summed E-state index contributed by atoms with van der Waals surface area (Å²) < 4.78 is 0. The van der Waals surface area contributed by atoms with E-state index in [4.69, 9.17) is 0 Å². The van der Waals surface area contributed by atoms with Crippen molar-refractivity contribution in [3.8, 4) is 6.07 Å². The Bertz CT molecular complexity index is 322. The second kappa shape index (κ2) is 5.21. The van der Waals surface area contributed by atoms with Gasteiger partial charge in [0.2, 0.25) is 0 Å². The van der Waals surface area contributed by atoms with Crippen LogP contribution in [0.5, 0.6) is 0 Å². The van der Waals surface area contributed by atoms with E-state index in [-0.39, 0.29) is 6.04 Å². The zero-order valence-electron chi connectivity index (χ0n) is 8.52. The van der Waals surface area contributed by atoms with E-state index in [1.807, 2.05) is 5.38 Å². The Morgan fingerprint density at radius 2 is 2.47 bits per heavy atom. The Labute approximate surface area is 93.5 Å². The van der Waals surface area contributed by atoms with Crippen molar-refractivity contribution in [2.75, 3.05) is 26.2 Å². The third kappa shape index (κ3) is 2.53. The molecule has 80 valence electrons. The Kier molecular flexibility index (Phi) is 3.67. The van der Waals surface area contributed by atoms with Crippen LogP contribution in [0.2, 0.25) is 0 Å². The van der Waals surface area contributed by atoms with Gasteiger partial charge < -0.3 is 5.32 Å². The number of nitriles is 1. The van der Waals surface area contributed by atoms with Gasteiger partial charge in [-0.05, 0) is 13.0 Å². The van der Waals surface area contributed by atoms with Gasteiger partial charge in [-0.2, -0.15) is 5.26 Å². The lowest BCUT2D eigenvalue weighted by molar-refractivity contribution is 0.252. The van der Waals surface area contributed by atoms with Crippen LogP contribution in [-0.4, -0.2) is 36.1 Å². The zero-order chi connectivity index (χ0) is 10.5. The summed E-state index contributed by atoms with van der Waals surface area (Å²) in [7, 11) is 0. The normalized spacial score (nSPS) is 20.5. The van der Waals surface area contributed by atoms with E-state index in [0.29, 0.717) is 0 Å². The van der Waals surface area contributed by atoms with Crippen LogP contribution < -0.4 is 5.32 Å². The SMILES string of the molecule is N#CC(c1nccs1)N1CCCNCC1. The number of hydrogen-bond donors (Lipinski definition) is 1. The van der Waals surface area contributed by atoms with Gasteiger partial charge in [-0.25, -0.2) is 4.98 Å². The number of thiazole rings is 1. The third-order valence-corrected chi connectivity index (χ3v) is 3.38. The minimum absolute atomic E-state index is 0.162. The molecule has 1 aliphatic rings. The molecular formula is C10H14N4S. The maximum Gasteiger partial charge on any atom is 0.150 e. The molecule has 0 aliphatic carbocycles. The van der Waals surface area contributed by atoms with Gasteiger partial charge in [0, 0.05) is 31.2 Å². The zero-order valence-corrected chi connectivity index (χ0v) is 9.33. The molecule has 1 aromatic rings. The number of hydrogen-bond acceptors (Lipinski definition) is 5. The molecule has 2 heterocycles. The highest BCUT2D eigenvalue weighted by Gasteiger charge is 2.22. The summed E-state index contributed by atoms with van der Waals surface area (Å²) in [4.78, 5) is 6.43. The molecule has 1 aliphatic heterocycles. The number of nitrogens with one attached hydrogen (secondary N) is 1. The second-order valence-electron chi connectivity index (χ2n) is 3.54. The second-order valence-corrected chi connectivity index (χ2v) is 4.47. The smallest absolute Gasteiger partial charge is 0.150 e. The molecular weight excluding hydrogens is 208 g/mol. The Balaban J connectivity index is 2.09. The van der Waals surface area contributed by atoms with Crippen molar-refractivity contribution in [2.45, 2.75) is 12.5 Å². The average molecular weight is 222 g/mol. The van der Waals surface area contributed by atoms with E-state index in [1.54, 1.807) is 17.5 Å². The molecule has 1 atom stereocenters. The molecule has 0 spiro atoms. The van der Waals surface area contributed by atoms with Crippen molar-refractivity contribution in [2.24, 2.45) is 0 Å². The maximum absolute atomic E-state index is 9.20. The van der Waals surface area contributed by atoms with Gasteiger partial charge in [-0.1, -0.05) is 0 Å². The fourth-order valence-electron chi connectivity index (χ4n) is 1.79. The highest BCUT2D eigenvalue weighted by Crippen LogP contribution is 2.22. The molecule has 1 unspecified atom stereocenters. The van der Waals surface area contributed by atoms with Crippen molar-refractivity contribution in [1.82, 2.24) is 15.2 Å². The number of rotatable bonds is 2.